The molecule has 27 heavy (non-hydrogen) atoms. The molecule has 0 radical (unpaired) electrons. The van der Waals surface area contributed by atoms with E-state index in [1.165, 1.54) is 10.6 Å². The third-order valence-electron chi connectivity index (χ3n) is 4.27. The zero-order chi connectivity index (χ0) is 19.4. The predicted octanol–water partition coefficient (Wildman–Crippen LogP) is 3.17. The van der Waals surface area contributed by atoms with Gasteiger partial charge < -0.3 is 19.7 Å². The summed E-state index contributed by atoms with van der Waals surface area (Å²) in [7, 11) is 1.56. The Balaban J connectivity index is 2.00. The molecule has 0 spiro atoms. The van der Waals surface area contributed by atoms with Gasteiger partial charge in [0.2, 0.25) is 0 Å². The van der Waals surface area contributed by atoms with E-state index in [-0.39, 0.29) is 17.9 Å². The molecule has 3 aromatic rings. The molecule has 1 heterocycles. The topological polar surface area (TPSA) is 80.6 Å². The molecule has 2 aromatic carbocycles. The third-order valence-corrected chi connectivity index (χ3v) is 4.27. The molecule has 0 saturated heterocycles. The average molecular weight is 364 g/mol. The van der Waals surface area contributed by atoms with E-state index >= 15 is 0 Å². The van der Waals surface area contributed by atoms with E-state index < -0.39 is 11.5 Å². The number of aromatic hydroxyl groups is 1. The number of aromatic nitrogens is 1. The van der Waals surface area contributed by atoms with Gasteiger partial charge in [-0.15, -0.1) is 0 Å². The molecule has 0 aliphatic heterocycles. The van der Waals surface area contributed by atoms with Crippen molar-refractivity contribution in [2.75, 3.05) is 12.4 Å². The van der Waals surface area contributed by atoms with Gasteiger partial charge in [0, 0.05) is 23.0 Å². The van der Waals surface area contributed by atoms with Gasteiger partial charge in [-0.2, -0.15) is 0 Å². The summed E-state index contributed by atoms with van der Waals surface area (Å²) in [6, 6.07) is 17.5. The van der Waals surface area contributed by atoms with Crippen molar-refractivity contribution in [3.8, 4) is 11.5 Å². The van der Waals surface area contributed by atoms with Crippen molar-refractivity contribution >= 4 is 11.6 Å². The highest BCUT2D eigenvalue weighted by molar-refractivity contribution is 6.05. The van der Waals surface area contributed by atoms with Gasteiger partial charge in [0.05, 0.1) is 13.7 Å². The van der Waals surface area contributed by atoms with E-state index in [9.17, 15) is 14.7 Å². The number of hydrogen-bond donors (Lipinski definition) is 2. The smallest absolute Gasteiger partial charge is 0.267 e. The first kappa shape index (κ1) is 18.3. The number of amides is 1. The van der Waals surface area contributed by atoms with Crippen molar-refractivity contribution < 1.29 is 14.6 Å². The summed E-state index contributed by atoms with van der Waals surface area (Å²) in [4.78, 5) is 25.5. The maximum absolute atomic E-state index is 12.9. The number of methoxy groups -OCH3 is 1. The number of nitrogens with zero attached hydrogens (tertiary/aromatic N) is 1. The van der Waals surface area contributed by atoms with Gasteiger partial charge in [-0.1, -0.05) is 36.4 Å². The quantitative estimate of drug-likeness (QED) is 0.729. The Morgan fingerprint density at radius 1 is 1.11 bits per heavy atom. The number of nitrogens with one attached hydrogen (secondary N) is 1. The SMILES string of the molecule is COc1ccccc1Cn1c(C)cc(O)c(C(=O)Nc2ccccc2)c1=O. The van der Waals surface area contributed by atoms with Gasteiger partial charge in [0.15, 0.2) is 0 Å². The number of pyridine rings is 1. The molecule has 6 nitrogen and oxygen atoms in total. The van der Waals surface area contributed by atoms with Gasteiger partial charge in [0.1, 0.15) is 17.1 Å². The number of benzene rings is 2. The van der Waals surface area contributed by atoms with E-state index in [1.807, 2.05) is 24.3 Å². The molecule has 0 bridgehead atoms. The highest BCUT2D eigenvalue weighted by Gasteiger charge is 2.20. The van der Waals surface area contributed by atoms with E-state index in [1.54, 1.807) is 44.4 Å². The second kappa shape index (κ2) is 7.78. The predicted molar refractivity (Wildman–Crippen MR) is 104 cm³/mol. The van der Waals surface area contributed by atoms with Crippen LogP contribution < -0.4 is 15.6 Å². The van der Waals surface area contributed by atoms with Gasteiger partial charge in [-0.25, -0.2) is 0 Å². The van der Waals surface area contributed by atoms with E-state index in [0.717, 1.165) is 5.56 Å². The normalized spacial score (nSPS) is 10.4. The number of anilines is 1. The molecule has 138 valence electrons. The molecule has 0 unspecified atom stereocenters. The van der Waals surface area contributed by atoms with Crippen molar-refractivity contribution in [2.24, 2.45) is 0 Å². The minimum Gasteiger partial charge on any atom is -0.507 e. The Morgan fingerprint density at radius 3 is 2.48 bits per heavy atom. The molecular formula is C21H20N2O4. The Kier molecular flexibility index (Phi) is 5.26. The maximum atomic E-state index is 12.9. The molecule has 3 rings (SSSR count). The summed E-state index contributed by atoms with van der Waals surface area (Å²) in [5, 5.41) is 12.8. The molecule has 0 saturated carbocycles. The summed E-state index contributed by atoms with van der Waals surface area (Å²) in [5.74, 6) is -0.355. The van der Waals surface area contributed by atoms with Crippen LogP contribution in [0.25, 0.3) is 0 Å². The van der Waals surface area contributed by atoms with Crippen LogP contribution in [0.1, 0.15) is 21.6 Å². The lowest BCUT2D eigenvalue weighted by molar-refractivity contribution is 0.102. The Morgan fingerprint density at radius 2 is 1.78 bits per heavy atom. The van der Waals surface area contributed by atoms with Crippen molar-refractivity contribution in [2.45, 2.75) is 13.5 Å². The van der Waals surface area contributed by atoms with Gasteiger partial charge >= 0.3 is 0 Å². The standard InChI is InChI=1S/C21H20N2O4/c1-14-12-17(24)19(20(25)22-16-9-4-3-5-10-16)21(26)23(14)13-15-8-6-7-11-18(15)27-2/h3-12,24H,13H2,1-2H3,(H,22,25). The van der Waals surface area contributed by atoms with E-state index in [4.69, 9.17) is 4.74 Å². The first-order chi connectivity index (χ1) is 13.0. The minimum absolute atomic E-state index is 0.223. The van der Waals surface area contributed by atoms with Gasteiger partial charge in [-0.3, -0.25) is 9.59 Å². The second-order valence-electron chi connectivity index (χ2n) is 6.07. The monoisotopic (exact) mass is 364 g/mol. The number of carbonyl (C=O) groups excluding carboxylic acids is 1. The maximum Gasteiger partial charge on any atom is 0.267 e. The fourth-order valence-corrected chi connectivity index (χ4v) is 2.88. The van der Waals surface area contributed by atoms with Crippen molar-refractivity contribution in [3.05, 3.63) is 87.8 Å². The third kappa shape index (κ3) is 3.84. The van der Waals surface area contributed by atoms with Crippen LogP contribution in [0.4, 0.5) is 5.69 Å². The molecule has 0 aliphatic carbocycles. The fraction of sp³-hybridized carbons (Fsp3) is 0.143. The number of hydrogen-bond acceptors (Lipinski definition) is 4. The number of para-hydroxylation sites is 2. The molecule has 6 heteroatoms. The highest BCUT2D eigenvalue weighted by Crippen LogP contribution is 2.21. The molecular weight excluding hydrogens is 344 g/mol. The Bertz CT molecular complexity index is 1030. The molecule has 1 aromatic heterocycles. The van der Waals surface area contributed by atoms with Crippen LogP contribution in [0.15, 0.2) is 65.5 Å². The van der Waals surface area contributed by atoms with Crippen LogP contribution in [-0.2, 0) is 6.54 Å². The lowest BCUT2D eigenvalue weighted by atomic mass is 10.1. The van der Waals surface area contributed by atoms with Crippen molar-refractivity contribution in [1.29, 1.82) is 0 Å². The van der Waals surface area contributed by atoms with Gasteiger partial charge in [-0.05, 0) is 25.1 Å². The summed E-state index contributed by atoms with van der Waals surface area (Å²) < 4.78 is 6.78. The highest BCUT2D eigenvalue weighted by atomic mass is 16.5. The van der Waals surface area contributed by atoms with Crippen LogP contribution in [0.2, 0.25) is 0 Å². The Hall–Kier alpha value is -3.54. The lowest BCUT2D eigenvalue weighted by Crippen LogP contribution is -2.31. The Labute approximate surface area is 156 Å². The first-order valence-corrected chi connectivity index (χ1v) is 8.43. The molecule has 1 amide bonds. The molecule has 2 N–H and O–H groups in total. The van der Waals surface area contributed by atoms with Gasteiger partial charge in [0.25, 0.3) is 11.5 Å². The zero-order valence-electron chi connectivity index (χ0n) is 15.1. The number of ether oxygens (including phenoxy) is 1. The summed E-state index contributed by atoms with van der Waals surface area (Å²) in [6.07, 6.45) is 0. The molecule has 0 atom stereocenters. The van der Waals surface area contributed by atoms with E-state index in [0.29, 0.717) is 17.1 Å². The van der Waals surface area contributed by atoms with Crippen LogP contribution in [0, 0.1) is 6.92 Å². The first-order valence-electron chi connectivity index (χ1n) is 8.43. The van der Waals surface area contributed by atoms with Crippen LogP contribution in [-0.4, -0.2) is 22.7 Å². The van der Waals surface area contributed by atoms with Crippen molar-refractivity contribution in [1.82, 2.24) is 4.57 Å². The average Bonchev–Trinajstić information content (AvgIpc) is 2.66. The fourth-order valence-electron chi connectivity index (χ4n) is 2.88. The molecule has 0 fully saturated rings. The van der Waals surface area contributed by atoms with Crippen molar-refractivity contribution in [3.63, 3.8) is 0 Å². The van der Waals surface area contributed by atoms with Crippen LogP contribution in [0.3, 0.4) is 0 Å². The number of carbonyl (C=O) groups is 1. The molecule has 0 aliphatic rings. The van der Waals surface area contributed by atoms with Crippen LogP contribution >= 0.6 is 0 Å². The summed E-state index contributed by atoms with van der Waals surface area (Å²) in [6.45, 7) is 1.93. The summed E-state index contributed by atoms with van der Waals surface area (Å²) in [5.41, 5.74) is 1.02. The lowest BCUT2D eigenvalue weighted by Gasteiger charge is -2.15. The minimum atomic E-state index is -0.655. The summed E-state index contributed by atoms with van der Waals surface area (Å²) >= 11 is 0. The second-order valence-corrected chi connectivity index (χ2v) is 6.07. The van der Waals surface area contributed by atoms with Crippen LogP contribution in [0.5, 0.6) is 11.5 Å². The largest absolute Gasteiger partial charge is 0.507 e. The number of aryl methyl sites for hydroxylation is 1. The zero-order valence-corrected chi connectivity index (χ0v) is 15.1. The van der Waals surface area contributed by atoms with E-state index in [2.05, 4.69) is 5.32 Å². The number of rotatable bonds is 5.